The van der Waals surface area contributed by atoms with Crippen molar-refractivity contribution in [2.75, 3.05) is 10.6 Å². The molecule has 1 heterocycles. The number of nitrogens with one attached hydrogen (secondary N) is 2. The number of benzene rings is 2. The summed E-state index contributed by atoms with van der Waals surface area (Å²) in [5.41, 5.74) is 1.22. The van der Waals surface area contributed by atoms with E-state index >= 15 is 0 Å². The zero-order valence-corrected chi connectivity index (χ0v) is 14.3. The molecule has 3 aromatic rings. The molecule has 0 aliphatic carbocycles. The number of carbonyl (C=O) groups excluding carboxylic acids is 1. The van der Waals surface area contributed by atoms with Gasteiger partial charge in [0.1, 0.15) is 5.82 Å². The zero-order chi connectivity index (χ0) is 19.4. The number of nitrogens with zero attached hydrogens (tertiary/aromatic N) is 1. The van der Waals surface area contributed by atoms with Crippen molar-refractivity contribution >= 4 is 17.4 Å². The second kappa shape index (κ2) is 7.90. The number of amides is 1. The molecular formula is C20H16F3N3O. The Kier molecular flexibility index (Phi) is 5.40. The number of halogens is 3. The van der Waals surface area contributed by atoms with Gasteiger partial charge in [-0.1, -0.05) is 30.3 Å². The molecule has 138 valence electrons. The van der Waals surface area contributed by atoms with Crippen molar-refractivity contribution in [3.63, 3.8) is 0 Å². The van der Waals surface area contributed by atoms with E-state index in [0.29, 0.717) is 6.07 Å². The normalized spacial score (nSPS) is 11.7. The van der Waals surface area contributed by atoms with E-state index in [1.54, 1.807) is 6.07 Å². The monoisotopic (exact) mass is 371 g/mol. The number of aromatic nitrogens is 1. The summed E-state index contributed by atoms with van der Waals surface area (Å²) < 4.78 is 39.9. The minimum Gasteiger partial charge on any atom is -0.377 e. The molecular weight excluding hydrogens is 355 g/mol. The molecule has 1 aromatic heterocycles. The maximum atomic E-state index is 13.7. The molecule has 3 rings (SSSR count). The Balaban J connectivity index is 1.67. The van der Waals surface area contributed by atoms with Crippen LogP contribution < -0.4 is 10.6 Å². The van der Waals surface area contributed by atoms with Crippen LogP contribution >= 0.6 is 0 Å². The first kappa shape index (κ1) is 18.4. The standard InChI is InChI=1S/C20H16F3N3O/c1-12(13-5-3-2-4-6-13)25-14-7-10-17(24-11-14)26-20(27)15-8-9-16(21)19(23)18(15)22/h2-12,25H,1H3,(H,24,26,27). The van der Waals surface area contributed by atoms with Crippen molar-refractivity contribution in [2.24, 2.45) is 0 Å². The number of pyridine rings is 1. The Morgan fingerprint density at radius 2 is 1.70 bits per heavy atom. The lowest BCUT2D eigenvalue weighted by Crippen LogP contribution is -2.16. The van der Waals surface area contributed by atoms with E-state index in [1.807, 2.05) is 37.3 Å². The Morgan fingerprint density at radius 3 is 2.37 bits per heavy atom. The summed E-state index contributed by atoms with van der Waals surface area (Å²) in [5.74, 6) is -5.35. The molecule has 0 bridgehead atoms. The largest absolute Gasteiger partial charge is 0.377 e. The molecule has 1 amide bonds. The number of anilines is 2. The smallest absolute Gasteiger partial charge is 0.259 e. The molecule has 1 atom stereocenters. The third-order valence-electron chi connectivity index (χ3n) is 3.97. The molecule has 7 heteroatoms. The molecule has 0 saturated heterocycles. The van der Waals surface area contributed by atoms with E-state index < -0.39 is 28.9 Å². The van der Waals surface area contributed by atoms with Crippen LogP contribution in [-0.4, -0.2) is 10.9 Å². The first-order chi connectivity index (χ1) is 13.0. The number of carbonyl (C=O) groups is 1. The second-order valence-electron chi connectivity index (χ2n) is 5.89. The molecule has 0 radical (unpaired) electrons. The molecule has 0 saturated carbocycles. The third-order valence-corrected chi connectivity index (χ3v) is 3.97. The van der Waals surface area contributed by atoms with Crippen LogP contribution in [0.4, 0.5) is 24.7 Å². The highest BCUT2D eigenvalue weighted by Crippen LogP contribution is 2.20. The van der Waals surface area contributed by atoms with Crippen molar-refractivity contribution in [1.29, 1.82) is 0 Å². The van der Waals surface area contributed by atoms with Gasteiger partial charge >= 0.3 is 0 Å². The van der Waals surface area contributed by atoms with Gasteiger partial charge in [-0.05, 0) is 36.8 Å². The topological polar surface area (TPSA) is 54.0 Å². The Bertz CT molecular complexity index is 947. The molecule has 1 unspecified atom stereocenters. The van der Waals surface area contributed by atoms with Crippen LogP contribution in [0, 0.1) is 17.5 Å². The van der Waals surface area contributed by atoms with Gasteiger partial charge in [0, 0.05) is 6.04 Å². The molecule has 0 fully saturated rings. The van der Waals surface area contributed by atoms with Crippen LogP contribution in [0.5, 0.6) is 0 Å². The van der Waals surface area contributed by atoms with Crippen molar-refractivity contribution in [3.05, 3.63) is 89.4 Å². The molecule has 2 N–H and O–H groups in total. The molecule has 2 aromatic carbocycles. The fourth-order valence-corrected chi connectivity index (χ4v) is 2.51. The summed E-state index contributed by atoms with van der Waals surface area (Å²) in [6.07, 6.45) is 1.51. The summed E-state index contributed by atoms with van der Waals surface area (Å²) in [7, 11) is 0. The molecule has 27 heavy (non-hydrogen) atoms. The van der Waals surface area contributed by atoms with Gasteiger partial charge in [0.15, 0.2) is 17.5 Å². The van der Waals surface area contributed by atoms with Gasteiger partial charge in [0.05, 0.1) is 17.4 Å². The van der Waals surface area contributed by atoms with Crippen molar-refractivity contribution in [1.82, 2.24) is 4.98 Å². The Hall–Kier alpha value is -3.35. The quantitative estimate of drug-likeness (QED) is 0.626. The zero-order valence-electron chi connectivity index (χ0n) is 14.3. The maximum Gasteiger partial charge on any atom is 0.259 e. The van der Waals surface area contributed by atoms with Crippen LogP contribution in [0.15, 0.2) is 60.8 Å². The fraction of sp³-hybridized carbons (Fsp3) is 0.100. The molecule has 0 spiro atoms. The predicted molar refractivity (Wildman–Crippen MR) is 97.0 cm³/mol. The minimum atomic E-state index is -1.69. The van der Waals surface area contributed by atoms with Gasteiger partial charge in [-0.25, -0.2) is 18.2 Å². The van der Waals surface area contributed by atoms with E-state index in [4.69, 9.17) is 0 Å². The lowest BCUT2D eigenvalue weighted by Gasteiger charge is -2.15. The SMILES string of the molecule is CC(Nc1ccc(NC(=O)c2ccc(F)c(F)c2F)nc1)c1ccccc1. The molecule has 4 nitrogen and oxygen atoms in total. The highest BCUT2D eigenvalue weighted by atomic mass is 19.2. The maximum absolute atomic E-state index is 13.7. The second-order valence-corrected chi connectivity index (χ2v) is 5.89. The van der Waals surface area contributed by atoms with Crippen molar-refractivity contribution < 1.29 is 18.0 Å². The highest BCUT2D eigenvalue weighted by molar-refractivity contribution is 6.04. The summed E-state index contributed by atoms with van der Waals surface area (Å²) in [6, 6.07) is 14.7. The van der Waals surface area contributed by atoms with Gasteiger partial charge in [0.2, 0.25) is 0 Å². The van der Waals surface area contributed by atoms with Crippen LogP contribution in [0.1, 0.15) is 28.9 Å². The summed E-state index contributed by atoms with van der Waals surface area (Å²) >= 11 is 0. The Morgan fingerprint density at radius 1 is 0.963 bits per heavy atom. The van der Waals surface area contributed by atoms with E-state index in [9.17, 15) is 18.0 Å². The average Bonchev–Trinajstić information content (AvgIpc) is 2.68. The highest BCUT2D eigenvalue weighted by Gasteiger charge is 2.19. The van der Waals surface area contributed by atoms with E-state index in [0.717, 1.165) is 17.3 Å². The fourth-order valence-electron chi connectivity index (χ4n) is 2.51. The molecule has 0 aliphatic rings. The lowest BCUT2D eigenvalue weighted by molar-refractivity contribution is 0.102. The third kappa shape index (κ3) is 4.25. The van der Waals surface area contributed by atoms with E-state index in [-0.39, 0.29) is 11.9 Å². The average molecular weight is 371 g/mol. The van der Waals surface area contributed by atoms with E-state index in [1.165, 1.54) is 12.3 Å². The van der Waals surface area contributed by atoms with Gasteiger partial charge in [-0.2, -0.15) is 0 Å². The van der Waals surface area contributed by atoms with Crippen molar-refractivity contribution in [2.45, 2.75) is 13.0 Å². The summed E-state index contributed by atoms with van der Waals surface area (Å²) in [4.78, 5) is 16.1. The molecule has 0 aliphatic heterocycles. The van der Waals surface area contributed by atoms with Gasteiger partial charge in [0.25, 0.3) is 5.91 Å². The first-order valence-electron chi connectivity index (χ1n) is 8.18. The summed E-state index contributed by atoms with van der Waals surface area (Å²) in [6.45, 7) is 2.00. The Labute approximate surface area is 154 Å². The minimum absolute atomic E-state index is 0.0460. The predicted octanol–water partition coefficient (Wildman–Crippen LogP) is 4.92. The van der Waals surface area contributed by atoms with Gasteiger partial charge < -0.3 is 10.6 Å². The van der Waals surface area contributed by atoms with Crippen LogP contribution in [-0.2, 0) is 0 Å². The van der Waals surface area contributed by atoms with Crippen LogP contribution in [0.3, 0.4) is 0 Å². The number of rotatable bonds is 5. The van der Waals surface area contributed by atoms with E-state index in [2.05, 4.69) is 15.6 Å². The number of hydrogen-bond donors (Lipinski definition) is 2. The van der Waals surface area contributed by atoms with Crippen LogP contribution in [0.2, 0.25) is 0 Å². The van der Waals surface area contributed by atoms with Gasteiger partial charge in [-0.15, -0.1) is 0 Å². The van der Waals surface area contributed by atoms with Crippen LogP contribution in [0.25, 0.3) is 0 Å². The van der Waals surface area contributed by atoms with Gasteiger partial charge in [-0.3, -0.25) is 4.79 Å². The first-order valence-corrected chi connectivity index (χ1v) is 8.18. The number of hydrogen-bond acceptors (Lipinski definition) is 3. The van der Waals surface area contributed by atoms with Crippen molar-refractivity contribution in [3.8, 4) is 0 Å². The summed E-state index contributed by atoms with van der Waals surface area (Å²) in [5, 5.41) is 5.62. The lowest BCUT2D eigenvalue weighted by atomic mass is 10.1.